The van der Waals surface area contributed by atoms with E-state index in [-0.39, 0.29) is 17.5 Å². The summed E-state index contributed by atoms with van der Waals surface area (Å²) in [6.45, 7) is 3.51. The van der Waals surface area contributed by atoms with Crippen LogP contribution in [-0.4, -0.2) is 10.2 Å². The molecule has 1 unspecified atom stereocenters. The quantitative estimate of drug-likeness (QED) is 0.592. The van der Waals surface area contributed by atoms with Gasteiger partial charge in [0.1, 0.15) is 11.5 Å². The van der Waals surface area contributed by atoms with Gasteiger partial charge in [-0.2, -0.15) is 0 Å². The van der Waals surface area contributed by atoms with Crippen LogP contribution in [0.25, 0.3) is 0 Å². The molecule has 1 aromatic carbocycles. The minimum absolute atomic E-state index is 0.0579. The molecule has 0 saturated heterocycles. The fourth-order valence-electron chi connectivity index (χ4n) is 1.23. The smallest absolute Gasteiger partial charge is 0.124 e. The number of rotatable bonds is 1. The first-order chi connectivity index (χ1) is 5.52. The van der Waals surface area contributed by atoms with Crippen LogP contribution in [0.1, 0.15) is 24.1 Å². The SMILES string of the molecule is Cc1cc(O)c(C(C)N)c(O)c1. The van der Waals surface area contributed by atoms with Crippen molar-refractivity contribution in [3.05, 3.63) is 23.3 Å². The van der Waals surface area contributed by atoms with Crippen molar-refractivity contribution in [3.63, 3.8) is 0 Å². The zero-order valence-corrected chi connectivity index (χ0v) is 7.20. The van der Waals surface area contributed by atoms with E-state index in [1.54, 1.807) is 26.0 Å². The van der Waals surface area contributed by atoms with E-state index >= 15 is 0 Å². The zero-order chi connectivity index (χ0) is 9.30. The number of phenols is 2. The molecule has 0 aliphatic heterocycles. The van der Waals surface area contributed by atoms with E-state index < -0.39 is 0 Å². The van der Waals surface area contributed by atoms with Gasteiger partial charge in [-0.25, -0.2) is 0 Å². The van der Waals surface area contributed by atoms with E-state index in [2.05, 4.69) is 0 Å². The first-order valence-corrected chi connectivity index (χ1v) is 3.80. The van der Waals surface area contributed by atoms with E-state index in [0.717, 1.165) is 5.56 Å². The molecule has 66 valence electrons. The summed E-state index contributed by atoms with van der Waals surface area (Å²) in [5.74, 6) is 0.116. The lowest BCUT2D eigenvalue weighted by Crippen LogP contribution is -2.05. The maximum atomic E-state index is 9.40. The fraction of sp³-hybridized carbons (Fsp3) is 0.333. The Labute approximate surface area is 71.5 Å². The van der Waals surface area contributed by atoms with Crippen LogP contribution in [0.15, 0.2) is 12.1 Å². The molecule has 0 radical (unpaired) electrons. The van der Waals surface area contributed by atoms with Gasteiger partial charge in [-0.1, -0.05) is 0 Å². The lowest BCUT2D eigenvalue weighted by atomic mass is 10.0. The molecule has 3 heteroatoms. The number of phenolic OH excluding ortho intramolecular Hbond substituents is 2. The summed E-state index contributed by atoms with van der Waals surface area (Å²) in [4.78, 5) is 0. The Hall–Kier alpha value is -1.22. The molecule has 0 aliphatic rings. The monoisotopic (exact) mass is 167 g/mol. The molecule has 0 bridgehead atoms. The van der Waals surface area contributed by atoms with Crippen molar-refractivity contribution in [3.8, 4) is 11.5 Å². The third kappa shape index (κ3) is 1.51. The third-order valence-electron chi connectivity index (χ3n) is 1.74. The lowest BCUT2D eigenvalue weighted by molar-refractivity contribution is 0.431. The zero-order valence-electron chi connectivity index (χ0n) is 7.20. The van der Waals surface area contributed by atoms with Gasteiger partial charge in [0.2, 0.25) is 0 Å². The summed E-state index contributed by atoms with van der Waals surface area (Å²) in [6.07, 6.45) is 0. The standard InChI is InChI=1S/C9H13NO2/c1-5-3-7(11)9(6(2)10)8(12)4-5/h3-4,6,11-12H,10H2,1-2H3. The van der Waals surface area contributed by atoms with E-state index in [1.807, 2.05) is 0 Å². The van der Waals surface area contributed by atoms with Crippen molar-refractivity contribution in [2.45, 2.75) is 19.9 Å². The van der Waals surface area contributed by atoms with Crippen LogP contribution in [0, 0.1) is 6.92 Å². The predicted octanol–water partition coefficient (Wildman–Crippen LogP) is 1.43. The van der Waals surface area contributed by atoms with Gasteiger partial charge in [0.15, 0.2) is 0 Å². The largest absolute Gasteiger partial charge is 0.507 e. The summed E-state index contributed by atoms with van der Waals surface area (Å²) in [5, 5.41) is 18.8. The Balaban J connectivity index is 3.28. The topological polar surface area (TPSA) is 66.5 Å². The van der Waals surface area contributed by atoms with Crippen LogP contribution in [0.3, 0.4) is 0 Å². The molecule has 0 amide bonds. The van der Waals surface area contributed by atoms with E-state index in [9.17, 15) is 10.2 Å². The Morgan fingerprint density at radius 2 is 1.67 bits per heavy atom. The first kappa shape index (κ1) is 8.87. The highest BCUT2D eigenvalue weighted by Crippen LogP contribution is 2.32. The van der Waals surface area contributed by atoms with Gasteiger partial charge in [-0.3, -0.25) is 0 Å². The molecule has 0 aromatic heterocycles. The molecule has 1 aromatic rings. The molecule has 1 atom stereocenters. The van der Waals surface area contributed by atoms with Crippen molar-refractivity contribution in [1.29, 1.82) is 0 Å². The van der Waals surface area contributed by atoms with Crippen LogP contribution in [0.4, 0.5) is 0 Å². The van der Waals surface area contributed by atoms with E-state index in [4.69, 9.17) is 5.73 Å². The molecule has 0 saturated carbocycles. The Morgan fingerprint density at radius 3 is 2.00 bits per heavy atom. The molecular weight excluding hydrogens is 154 g/mol. The van der Waals surface area contributed by atoms with Crippen LogP contribution in [-0.2, 0) is 0 Å². The number of nitrogens with two attached hydrogens (primary N) is 1. The average molecular weight is 167 g/mol. The van der Waals surface area contributed by atoms with Gasteiger partial charge in [0, 0.05) is 6.04 Å². The van der Waals surface area contributed by atoms with E-state index in [1.165, 1.54) is 0 Å². The van der Waals surface area contributed by atoms with Gasteiger partial charge in [0.05, 0.1) is 5.56 Å². The highest BCUT2D eigenvalue weighted by molar-refractivity contribution is 5.47. The van der Waals surface area contributed by atoms with Gasteiger partial charge >= 0.3 is 0 Å². The van der Waals surface area contributed by atoms with Crippen LogP contribution in [0.2, 0.25) is 0 Å². The molecule has 12 heavy (non-hydrogen) atoms. The van der Waals surface area contributed by atoms with Crippen molar-refractivity contribution in [1.82, 2.24) is 0 Å². The molecule has 0 aliphatic carbocycles. The van der Waals surface area contributed by atoms with E-state index in [0.29, 0.717) is 5.56 Å². The highest BCUT2D eigenvalue weighted by Gasteiger charge is 2.11. The molecule has 1 rings (SSSR count). The van der Waals surface area contributed by atoms with Gasteiger partial charge in [-0.05, 0) is 31.5 Å². The normalized spacial score (nSPS) is 12.9. The maximum absolute atomic E-state index is 9.40. The summed E-state index contributed by atoms with van der Waals surface area (Å²) >= 11 is 0. The van der Waals surface area contributed by atoms with Crippen molar-refractivity contribution in [2.75, 3.05) is 0 Å². The van der Waals surface area contributed by atoms with Gasteiger partial charge in [0.25, 0.3) is 0 Å². The number of benzene rings is 1. The molecular formula is C9H13NO2. The first-order valence-electron chi connectivity index (χ1n) is 3.80. The lowest BCUT2D eigenvalue weighted by Gasteiger charge is -2.11. The van der Waals surface area contributed by atoms with Crippen LogP contribution >= 0.6 is 0 Å². The third-order valence-corrected chi connectivity index (χ3v) is 1.74. The summed E-state index contributed by atoms with van der Waals surface area (Å²) < 4.78 is 0. The Kier molecular flexibility index (Phi) is 2.24. The molecule has 0 spiro atoms. The number of aromatic hydroxyl groups is 2. The number of hydrogen-bond acceptors (Lipinski definition) is 3. The second-order valence-electron chi connectivity index (χ2n) is 3.01. The molecule has 3 nitrogen and oxygen atoms in total. The number of aryl methyl sites for hydroxylation is 1. The Morgan fingerprint density at radius 1 is 1.25 bits per heavy atom. The molecule has 4 N–H and O–H groups in total. The van der Waals surface area contributed by atoms with Crippen molar-refractivity contribution >= 4 is 0 Å². The van der Waals surface area contributed by atoms with Gasteiger partial charge in [-0.15, -0.1) is 0 Å². The predicted molar refractivity (Wildman–Crippen MR) is 47.1 cm³/mol. The summed E-state index contributed by atoms with van der Waals surface area (Å²) in [7, 11) is 0. The Bertz CT molecular complexity index is 272. The minimum Gasteiger partial charge on any atom is -0.507 e. The average Bonchev–Trinajstić information content (AvgIpc) is 1.82. The van der Waals surface area contributed by atoms with Crippen LogP contribution in [0.5, 0.6) is 11.5 Å². The van der Waals surface area contributed by atoms with Crippen molar-refractivity contribution < 1.29 is 10.2 Å². The minimum atomic E-state index is -0.356. The fourth-order valence-corrected chi connectivity index (χ4v) is 1.23. The second kappa shape index (κ2) is 3.03. The maximum Gasteiger partial charge on any atom is 0.124 e. The molecule has 0 heterocycles. The summed E-state index contributed by atoms with van der Waals surface area (Å²) in [5.41, 5.74) is 6.76. The molecule has 0 fully saturated rings. The number of hydrogen-bond donors (Lipinski definition) is 3. The summed E-state index contributed by atoms with van der Waals surface area (Å²) in [6, 6.07) is 2.81. The second-order valence-corrected chi connectivity index (χ2v) is 3.01. The van der Waals surface area contributed by atoms with Crippen LogP contribution < -0.4 is 5.73 Å². The van der Waals surface area contributed by atoms with Gasteiger partial charge < -0.3 is 15.9 Å². The highest BCUT2D eigenvalue weighted by atomic mass is 16.3. The van der Waals surface area contributed by atoms with Crippen molar-refractivity contribution in [2.24, 2.45) is 5.73 Å².